The first-order chi connectivity index (χ1) is 9.13. The summed E-state index contributed by atoms with van der Waals surface area (Å²) in [5, 5.41) is 13.2. The molecule has 0 aliphatic heterocycles. The molecule has 1 unspecified atom stereocenters. The second kappa shape index (κ2) is 4.48. The van der Waals surface area contributed by atoms with E-state index in [9.17, 15) is 4.79 Å². The van der Waals surface area contributed by atoms with Crippen molar-refractivity contribution in [2.75, 3.05) is 0 Å². The molecule has 0 bridgehead atoms. The summed E-state index contributed by atoms with van der Waals surface area (Å²) in [6.45, 7) is 0. The number of nitrogens with zero attached hydrogens (tertiary/aromatic N) is 4. The van der Waals surface area contributed by atoms with Gasteiger partial charge in [-0.25, -0.2) is 0 Å². The zero-order valence-corrected chi connectivity index (χ0v) is 12.1. The van der Waals surface area contributed by atoms with Gasteiger partial charge in [0.05, 0.1) is 0 Å². The van der Waals surface area contributed by atoms with E-state index in [-0.39, 0.29) is 5.56 Å². The van der Waals surface area contributed by atoms with Crippen molar-refractivity contribution in [2.24, 2.45) is 0 Å². The third-order valence-corrected chi connectivity index (χ3v) is 3.19. The number of carboxylic acid groups (broad SMARTS) is 1. The van der Waals surface area contributed by atoms with E-state index < -0.39 is 5.97 Å². The second-order valence-electron chi connectivity index (χ2n) is 3.96. The van der Waals surface area contributed by atoms with Gasteiger partial charge in [0.1, 0.15) is 0 Å². The SMILES string of the molecule is O=C(O)c1cncc(-c2ccn3nc([AsH2])nc3c2)c1. The first kappa shape index (κ1) is 11.9. The van der Waals surface area contributed by atoms with Crippen LogP contribution >= 0.6 is 0 Å². The molecule has 94 valence electrons. The third-order valence-electron chi connectivity index (χ3n) is 2.67. The van der Waals surface area contributed by atoms with E-state index in [0.29, 0.717) is 0 Å². The Morgan fingerprint density at radius 1 is 1.26 bits per heavy atom. The fourth-order valence-electron chi connectivity index (χ4n) is 1.79. The molecular formula is C12H9AsN4O2. The second-order valence-corrected chi connectivity index (χ2v) is 5.04. The summed E-state index contributed by atoms with van der Waals surface area (Å²) in [4.78, 5) is 19.2. The van der Waals surface area contributed by atoms with Gasteiger partial charge in [-0.2, -0.15) is 0 Å². The predicted molar refractivity (Wildman–Crippen MR) is 71.4 cm³/mol. The Labute approximate surface area is 116 Å². The van der Waals surface area contributed by atoms with Crippen LogP contribution in [0.4, 0.5) is 0 Å². The van der Waals surface area contributed by atoms with Crippen molar-refractivity contribution < 1.29 is 9.90 Å². The van der Waals surface area contributed by atoms with Gasteiger partial charge in [0, 0.05) is 0 Å². The quantitative estimate of drug-likeness (QED) is 0.659. The van der Waals surface area contributed by atoms with Crippen LogP contribution in [0.15, 0.2) is 36.8 Å². The van der Waals surface area contributed by atoms with Crippen LogP contribution in [0.25, 0.3) is 16.8 Å². The summed E-state index contributed by atoms with van der Waals surface area (Å²) in [7, 11) is 0. The van der Waals surface area contributed by atoms with Crippen molar-refractivity contribution in [2.45, 2.75) is 0 Å². The van der Waals surface area contributed by atoms with Gasteiger partial charge in [-0.3, -0.25) is 0 Å². The fourth-order valence-corrected chi connectivity index (χ4v) is 2.33. The molecule has 7 heteroatoms. The Hall–Kier alpha value is -2.20. The van der Waals surface area contributed by atoms with Crippen LogP contribution in [0.1, 0.15) is 10.4 Å². The van der Waals surface area contributed by atoms with E-state index in [4.69, 9.17) is 5.11 Å². The summed E-state index contributed by atoms with van der Waals surface area (Å²) >= 11 is 1.36. The first-order valence-corrected chi connectivity index (χ1v) is 6.65. The van der Waals surface area contributed by atoms with E-state index in [1.807, 2.05) is 12.1 Å². The van der Waals surface area contributed by atoms with Crippen molar-refractivity contribution in [1.29, 1.82) is 0 Å². The Balaban J connectivity index is 2.12. The van der Waals surface area contributed by atoms with Gasteiger partial charge in [0.25, 0.3) is 0 Å². The molecule has 0 saturated heterocycles. The molecule has 1 atom stereocenters. The van der Waals surface area contributed by atoms with Gasteiger partial charge in [-0.05, 0) is 0 Å². The number of aromatic carboxylic acids is 1. The molecule has 0 aliphatic carbocycles. The van der Waals surface area contributed by atoms with Crippen LogP contribution in [-0.4, -0.2) is 47.5 Å². The van der Waals surface area contributed by atoms with Gasteiger partial charge >= 0.3 is 116 Å². The number of fused-ring (bicyclic) bond motifs is 1. The van der Waals surface area contributed by atoms with Crippen LogP contribution < -0.4 is 4.61 Å². The molecule has 3 aromatic heterocycles. The van der Waals surface area contributed by atoms with Gasteiger partial charge in [0.15, 0.2) is 0 Å². The molecule has 1 N–H and O–H groups in total. The molecule has 0 fully saturated rings. The molecule has 0 amide bonds. The minimum atomic E-state index is -0.989. The molecule has 0 saturated carbocycles. The maximum atomic E-state index is 10.9. The minimum absolute atomic E-state index is 0.165. The standard InChI is InChI=1S/C12H9AsN4O2/c13-12-15-10-4-7(1-2-17(10)16-12)8-3-9(11(18)19)6-14-5-8/h1-6H,13H2,(H,18,19). The van der Waals surface area contributed by atoms with Gasteiger partial charge in [0.2, 0.25) is 0 Å². The maximum absolute atomic E-state index is 10.9. The van der Waals surface area contributed by atoms with Crippen molar-refractivity contribution in [1.82, 2.24) is 19.6 Å². The molecule has 0 aromatic carbocycles. The van der Waals surface area contributed by atoms with E-state index in [0.717, 1.165) is 21.4 Å². The molecule has 0 radical (unpaired) electrons. The van der Waals surface area contributed by atoms with Gasteiger partial charge in [-0.1, -0.05) is 0 Å². The van der Waals surface area contributed by atoms with E-state index in [1.165, 1.54) is 23.0 Å². The van der Waals surface area contributed by atoms with E-state index >= 15 is 0 Å². The summed E-state index contributed by atoms with van der Waals surface area (Å²) < 4.78 is 2.44. The molecule has 0 aliphatic rings. The normalized spacial score (nSPS) is 10.8. The van der Waals surface area contributed by atoms with Crippen LogP contribution in [-0.2, 0) is 0 Å². The molecule has 3 rings (SSSR count). The Kier molecular flexibility index (Phi) is 2.80. The fraction of sp³-hybridized carbons (Fsp3) is 0. The van der Waals surface area contributed by atoms with Crippen molar-refractivity contribution in [3.63, 3.8) is 0 Å². The molecule has 6 nitrogen and oxygen atoms in total. The number of carbonyl (C=O) groups is 1. The number of rotatable bonds is 2. The van der Waals surface area contributed by atoms with Crippen LogP contribution in [0.5, 0.6) is 0 Å². The molecule has 3 aromatic rings. The van der Waals surface area contributed by atoms with E-state index in [2.05, 4.69) is 15.1 Å². The average Bonchev–Trinajstić information content (AvgIpc) is 2.77. The van der Waals surface area contributed by atoms with Crippen molar-refractivity contribution in [3.05, 3.63) is 42.4 Å². The number of aromatic nitrogens is 4. The monoisotopic (exact) mass is 316 g/mol. The Morgan fingerprint density at radius 3 is 2.89 bits per heavy atom. The zero-order valence-electron chi connectivity index (χ0n) is 9.69. The average molecular weight is 316 g/mol. The van der Waals surface area contributed by atoms with E-state index in [1.54, 1.807) is 23.0 Å². The summed E-state index contributed by atoms with van der Waals surface area (Å²) in [6.07, 6.45) is 4.76. The first-order valence-electron chi connectivity index (χ1n) is 5.44. The molecular weight excluding hydrogens is 307 g/mol. The van der Waals surface area contributed by atoms with Gasteiger partial charge < -0.3 is 0 Å². The summed E-state index contributed by atoms with van der Waals surface area (Å²) in [6, 6.07) is 5.31. The number of pyridine rings is 2. The predicted octanol–water partition coefficient (Wildman–Crippen LogP) is -0.252. The third kappa shape index (κ3) is 2.22. The number of carboxylic acids is 1. The molecule has 0 spiro atoms. The summed E-state index contributed by atoms with van der Waals surface area (Å²) in [5.41, 5.74) is 2.51. The number of hydrogen-bond donors (Lipinski definition) is 1. The molecule has 19 heavy (non-hydrogen) atoms. The van der Waals surface area contributed by atoms with Crippen molar-refractivity contribution >= 4 is 33.1 Å². The Bertz CT molecular complexity index is 784. The topological polar surface area (TPSA) is 80.4 Å². The Morgan fingerprint density at radius 2 is 2.11 bits per heavy atom. The van der Waals surface area contributed by atoms with Crippen LogP contribution in [0.2, 0.25) is 0 Å². The van der Waals surface area contributed by atoms with Crippen molar-refractivity contribution in [3.8, 4) is 11.1 Å². The summed E-state index contributed by atoms with van der Waals surface area (Å²) in [5.74, 6) is -0.989. The van der Waals surface area contributed by atoms with Crippen LogP contribution in [0.3, 0.4) is 0 Å². The van der Waals surface area contributed by atoms with Crippen LogP contribution in [0, 0.1) is 0 Å². The zero-order chi connectivity index (χ0) is 13.4. The number of hydrogen-bond acceptors (Lipinski definition) is 4. The molecule has 3 heterocycles. The van der Waals surface area contributed by atoms with Gasteiger partial charge in [-0.15, -0.1) is 0 Å².